The summed E-state index contributed by atoms with van der Waals surface area (Å²) < 4.78 is 5.27. The highest BCUT2D eigenvalue weighted by Gasteiger charge is 2.22. The maximum absolute atomic E-state index is 13.0. The van der Waals surface area contributed by atoms with E-state index in [0.29, 0.717) is 11.3 Å². The first-order valence-electron chi connectivity index (χ1n) is 9.75. The first-order valence-corrected chi connectivity index (χ1v) is 9.75. The fourth-order valence-corrected chi connectivity index (χ4v) is 3.39. The van der Waals surface area contributed by atoms with Gasteiger partial charge in [0.2, 0.25) is 5.78 Å². The van der Waals surface area contributed by atoms with Gasteiger partial charge in [-0.3, -0.25) is 9.59 Å². The van der Waals surface area contributed by atoms with E-state index in [2.05, 4.69) is 4.98 Å². The molecule has 0 bridgehead atoms. The molecule has 0 spiro atoms. The van der Waals surface area contributed by atoms with Crippen LogP contribution in [0.1, 0.15) is 31.1 Å². The van der Waals surface area contributed by atoms with Crippen molar-refractivity contribution in [2.24, 2.45) is 0 Å². The zero-order valence-corrected chi connectivity index (χ0v) is 16.9. The molecular formula is C25H20N2O4. The second-order valence-electron chi connectivity index (χ2n) is 6.99. The number of rotatable bonds is 6. The number of nitrogens with zero attached hydrogens (tertiary/aromatic N) is 1. The smallest absolute Gasteiger partial charge is 0.339 e. The highest BCUT2D eigenvalue weighted by atomic mass is 16.5. The molecule has 4 aromatic rings. The molecule has 6 heteroatoms. The molecule has 0 saturated carbocycles. The van der Waals surface area contributed by atoms with Crippen LogP contribution in [0.2, 0.25) is 0 Å². The van der Waals surface area contributed by atoms with Gasteiger partial charge >= 0.3 is 5.97 Å². The number of Topliss-reactive ketones (excluding diaryl/α,β-unsaturated/α-hetero) is 1. The number of hydrogen-bond acceptors (Lipinski definition) is 4. The largest absolute Gasteiger partial charge is 0.454 e. The zero-order valence-electron chi connectivity index (χ0n) is 16.9. The number of carbonyl (C=O) groups excluding carboxylic acids is 3. The Morgan fingerprint density at radius 1 is 0.806 bits per heavy atom. The second kappa shape index (κ2) is 8.67. The Morgan fingerprint density at radius 3 is 2.23 bits per heavy atom. The molecular weight excluding hydrogens is 392 g/mol. The van der Waals surface area contributed by atoms with Gasteiger partial charge in [-0.25, -0.2) is 4.79 Å². The van der Waals surface area contributed by atoms with Crippen molar-refractivity contribution in [3.05, 3.63) is 102 Å². The lowest BCUT2D eigenvalue weighted by atomic mass is 10.1. The molecule has 1 heterocycles. The lowest BCUT2D eigenvalue weighted by molar-refractivity contribution is 0.0473. The van der Waals surface area contributed by atoms with Gasteiger partial charge in [-0.05, 0) is 30.3 Å². The van der Waals surface area contributed by atoms with Crippen LogP contribution in [0.15, 0.2) is 85.1 Å². The Morgan fingerprint density at radius 2 is 1.45 bits per heavy atom. The van der Waals surface area contributed by atoms with Crippen molar-refractivity contribution >= 4 is 34.3 Å². The number of H-pyrrole nitrogens is 1. The minimum atomic E-state index is -0.724. The average Bonchev–Trinajstić information content (AvgIpc) is 3.26. The molecule has 0 saturated heterocycles. The molecule has 31 heavy (non-hydrogen) atoms. The van der Waals surface area contributed by atoms with Crippen molar-refractivity contribution in [1.82, 2.24) is 4.98 Å². The normalized spacial score (nSPS) is 10.6. The third-order valence-corrected chi connectivity index (χ3v) is 5.05. The number of nitrogens with one attached hydrogen (secondary N) is 1. The van der Waals surface area contributed by atoms with Crippen LogP contribution in [-0.4, -0.2) is 36.3 Å². The Balaban J connectivity index is 1.50. The predicted octanol–water partition coefficient (Wildman–Crippen LogP) is 4.48. The molecule has 0 atom stereocenters. The molecule has 1 aromatic heterocycles. The molecule has 154 valence electrons. The molecule has 0 fully saturated rings. The second-order valence-corrected chi connectivity index (χ2v) is 6.99. The van der Waals surface area contributed by atoms with E-state index in [0.717, 1.165) is 10.9 Å². The van der Waals surface area contributed by atoms with Gasteiger partial charge in [0.15, 0.2) is 6.61 Å². The molecule has 4 rings (SSSR count). The quantitative estimate of drug-likeness (QED) is 0.374. The van der Waals surface area contributed by atoms with Crippen LogP contribution < -0.4 is 4.90 Å². The number of fused-ring (bicyclic) bond motifs is 1. The minimum Gasteiger partial charge on any atom is -0.454 e. The first-order chi connectivity index (χ1) is 15.1. The van der Waals surface area contributed by atoms with Crippen LogP contribution in [-0.2, 0) is 4.74 Å². The van der Waals surface area contributed by atoms with E-state index in [1.807, 2.05) is 42.5 Å². The summed E-state index contributed by atoms with van der Waals surface area (Å²) in [6, 6.07) is 22.9. The van der Waals surface area contributed by atoms with Crippen LogP contribution in [0.3, 0.4) is 0 Å². The van der Waals surface area contributed by atoms with Crippen molar-refractivity contribution in [1.29, 1.82) is 0 Å². The van der Waals surface area contributed by atoms with E-state index in [1.54, 1.807) is 43.6 Å². The summed E-state index contributed by atoms with van der Waals surface area (Å²) in [5.74, 6) is -1.39. The van der Waals surface area contributed by atoms with E-state index in [1.165, 1.54) is 11.0 Å². The Bertz CT molecular complexity index is 1260. The van der Waals surface area contributed by atoms with E-state index in [4.69, 9.17) is 4.74 Å². The maximum atomic E-state index is 13.0. The molecule has 1 amide bonds. The Hall–Kier alpha value is -4.19. The fraction of sp³-hybridized carbons (Fsp3) is 0.0800. The van der Waals surface area contributed by atoms with Crippen LogP contribution in [0.25, 0.3) is 10.9 Å². The van der Waals surface area contributed by atoms with Crippen molar-refractivity contribution < 1.29 is 19.1 Å². The van der Waals surface area contributed by atoms with Gasteiger partial charge in [0.05, 0.1) is 11.1 Å². The molecule has 6 nitrogen and oxygen atoms in total. The highest BCUT2D eigenvalue weighted by Crippen LogP contribution is 2.20. The van der Waals surface area contributed by atoms with Crippen LogP contribution in [0.4, 0.5) is 5.69 Å². The topological polar surface area (TPSA) is 79.5 Å². The Labute approximate surface area is 179 Å². The molecule has 0 aliphatic carbocycles. The molecule has 0 aliphatic heterocycles. The number of para-hydroxylation sites is 2. The number of hydrogen-bond donors (Lipinski definition) is 1. The lowest BCUT2D eigenvalue weighted by Gasteiger charge is -2.18. The van der Waals surface area contributed by atoms with E-state index in [-0.39, 0.29) is 22.8 Å². The summed E-state index contributed by atoms with van der Waals surface area (Å²) in [7, 11) is 1.64. The van der Waals surface area contributed by atoms with Gasteiger partial charge in [0.25, 0.3) is 5.91 Å². The number of ketones is 1. The van der Waals surface area contributed by atoms with E-state index >= 15 is 0 Å². The zero-order chi connectivity index (χ0) is 21.8. The lowest BCUT2D eigenvalue weighted by Crippen LogP contribution is -2.28. The summed E-state index contributed by atoms with van der Waals surface area (Å²) in [6.45, 7) is -0.419. The Kier molecular flexibility index (Phi) is 5.62. The maximum Gasteiger partial charge on any atom is 0.339 e. The van der Waals surface area contributed by atoms with Gasteiger partial charge < -0.3 is 14.6 Å². The summed E-state index contributed by atoms with van der Waals surface area (Å²) in [5.41, 5.74) is 2.30. The fourth-order valence-electron chi connectivity index (χ4n) is 3.39. The monoisotopic (exact) mass is 412 g/mol. The van der Waals surface area contributed by atoms with Crippen LogP contribution in [0, 0.1) is 0 Å². The number of ether oxygens (including phenoxy) is 1. The standard InChI is InChI=1S/C25H20N2O4/c1-27(17-9-3-2-4-10-17)24(29)19-12-5-6-13-20(19)25(30)31-16-23(28)21-15-26-22-14-8-7-11-18(21)22/h2-15,26H,16H2,1H3. The third-order valence-electron chi connectivity index (χ3n) is 5.05. The molecule has 3 aromatic carbocycles. The number of carbonyl (C=O) groups is 3. The molecule has 0 aliphatic rings. The molecule has 0 radical (unpaired) electrons. The van der Waals surface area contributed by atoms with Crippen LogP contribution >= 0.6 is 0 Å². The van der Waals surface area contributed by atoms with Gasteiger partial charge in [-0.15, -0.1) is 0 Å². The minimum absolute atomic E-state index is 0.113. The molecule has 1 N–H and O–H groups in total. The van der Waals surface area contributed by atoms with Crippen molar-refractivity contribution in [3.63, 3.8) is 0 Å². The SMILES string of the molecule is CN(C(=O)c1ccccc1C(=O)OCC(=O)c1c[nH]c2ccccc12)c1ccccc1. The molecule has 0 unspecified atom stereocenters. The van der Waals surface area contributed by atoms with Gasteiger partial charge in [-0.1, -0.05) is 48.5 Å². The van der Waals surface area contributed by atoms with Crippen molar-refractivity contribution in [2.45, 2.75) is 0 Å². The number of amides is 1. The van der Waals surface area contributed by atoms with Crippen molar-refractivity contribution in [3.8, 4) is 0 Å². The van der Waals surface area contributed by atoms with Crippen molar-refractivity contribution in [2.75, 3.05) is 18.6 Å². The number of esters is 1. The number of anilines is 1. The first kappa shape index (κ1) is 20.1. The summed E-state index contributed by atoms with van der Waals surface area (Å²) in [4.78, 5) is 42.8. The van der Waals surface area contributed by atoms with E-state index in [9.17, 15) is 14.4 Å². The summed E-state index contributed by atoms with van der Waals surface area (Å²) in [5, 5.41) is 0.767. The number of aromatic amines is 1. The highest BCUT2D eigenvalue weighted by molar-refractivity contribution is 6.13. The van der Waals surface area contributed by atoms with Gasteiger partial charge in [0.1, 0.15) is 0 Å². The van der Waals surface area contributed by atoms with Crippen LogP contribution in [0.5, 0.6) is 0 Å². The number of benzene rings is 3. The van der Waals surface area contributed by atoms with E-state index < -0.39 is 12.6 Å². The summed E-state index contributed by atoms with van der Waals surface area (Å²) >= 11 is 0. The van der Waals surface area contributed by atoms with Gasteiger partial charge in [0, 0.05) is 35.4 Å². The average molecular weight is 412 g/mol. The third kappa shape index (κ3) is 4.09. The number of aromatic nitrogens is 1. The predicted molar refractivity (Wildman–Crippen MR) is 119 cm³/mol. The summed E-state index contributed by atoms with van der Waals surface area (Å²) in [6.07, 6.45) is 1.60. The van der Waals surface area contributed by atoms with Gasteiger partial charge in [-0.2, -0.15) is 0 Å².